The van der Waals surface area contributed by atoms with Crippen molar-refractivity contribution in [2.75, 3.05) is 11.1 Å². The molecule has 0 atom stereocenters. The van der Waals surface area contributed by atoms with E-state index in [4.69, 9.17) is 5.73 Å². The number of thiazole rings is 1. The van der Waals surface area contributed by atoms with Crippen molar-refractivity contribution in [3.8, 4) is 0 Å². The van der Waals surface area contributed by atoms with Crippen LogP contribution in [0.2, 0.25) is 0 Å². The Kier molecular flexibility index (Phi) is 3.81. The van der Waals surface area contributed by atoms with Gasteiger partial charge in [0.25, 0.3) is 5.91 Å². The molecular weight excluding hydrogens is 340 g/mol. The molecule has 0 bridgehead atoms. The summed E-state index contributed by atoms with van der Waals surface area (Å²) in [5.41, 5.74) is 5.68. The Morgan fingerprint density at radius 1 is 1.42 bits per heavy atom. The third-order valence-electron chi connectivity index (χ3n) is 2.28. The van der Waals surface area contributed by atoms with Crippen LogP contribution in [0.25, 0.3) is 0 Å². The lowest BCUT2D eigenvalue weighted by molar-refractivity contribution is 0.102. The second-order valence-corrected chi connectivity index (χ2v) is 5.55. The molecule has 100 valence electrons. The monoisotopic (exact) mass is 347 g/mol. The normalized spacial score (nSPS) is 10.5. The van der Waals surface area contributed by atoms with Crippen LogP contribution in [0.3, 0.4) is 0 Å². The summed E-state index contributed by atoms with van der Waals surface area (Å²) >= 11 is 3.84. The molecule has 0 saturated heterocycles. The van der Waals surface area contributed by atoms with Crippen molar-refractivity contribution >= 4 is 44.0 Å². The van der Waals surface area contributed by atoms with Crippen LogP contribution in [-0.4, -0.2) is 10.9 Å². The van der Waals surface area contributed by atoms with Crippen molar-refractivity contribution < 1.29 is 13.6 Å². The minimum absolute atomic E-state index is 0.0128. The largest absolute Gasteiger partial charge is 0.375 e. The van der Waals surface area contributed by atoms with Crippen molar-refractivity contribution in [1.29, 1.82) is 0 Å². The predicted octanol–water partition coefficient (Wildman–Crippen LogP) is 3.33. The summed E-state index contributed by atoms with van der Waals surface area (Å²) in [5.74, 6) is -1.98. The van der Waals surface area contributed by atoms with Crippen molar-refractivity contribution in [2.45, 2.75) is 6.92 Å². The van der Waals surface area contributed by atoms with Crippen LogP contribution in [0.1, 0.15) is 15.4 Å². The SMILES string of the molecule is Cc1nc(N)sc1C(=O)Nc1cc(F)c(Br)cc1F. The fourth-order valence-corrected chi connectivity index (χ4v) is 2.47. The number of nitrogens with one attached hydrogen (secondary N) is 1. The number of nitrogens with two attached hydrogens (primary N) is 1. The van der Waals surface area contributed by atoms with Gasteiger partial charge in [-0.15, -0.1) is 0 Å². The van der Waals surface area contributed by atoms with Gasteiger partial charge in [0.1, 0.15) is 16.5 Å². The van der Waals surface area contributed by atoms with Crippen molar-refractivity contribution in [2.24, 2.45) is 0 Å². The Balaban J connectivity index is 2.29. The number of amides is 1. The number of anilines is 2. The Labute approximate surface area is 119 Å². The van der Waals surface area contributed by atoms with Crippen molar-refractivity contribution in [3.05, 3.63) is 38.8 Å². The molecule has 8 heteroatoms. The highest BCUT2D eigenvalue weighted by Crippen LogP contribution is 2.25. The Bertz CT molecular complexity index is 660. The average molecular weight is 348 g/mol. The van der Waals surface area contributed by atoms with Crippen LogP contribution in [-0.2, 0) is 0 Å². The van der Waals surface area contributed by atoms with Gasteiger partial charge < -0.3 is 11.1 Å². The quantitative estimate of drug-likeness (QED) is 0.818. The van der Waals surface area contributed by atoms with Gasteiger partial charge >= 0.3 is 0 Å². The molecule has 1 aromatic heterocycles. The van der Waals surface area contributed by atoms with Gasteiger partial charge in [-0.3, -0.25) is 4.79 Å². The first-order chi connectivity index (χ1) is 8.88. The molecule has 2 aromatic rings. The van der Waals surface area contributed by atoms with E-state index in [9.17, 15) is 13.6 Å². The molecule has 0 fully saturated rings. The lowest BCUT2D eigenvalue weighted by Crippen LogP contribution is -2.13. The second-order valence-electron chi connectivity index (χ2n) is 3.67. The van der Waals surface area contributed by atoms with E-state index in [1.54, 1.807) is 6.92 Å². The number of carbonyl (C=O) groups excluding carboxylic acids is 1. The van der Waals surface area contributed by atoms with Crippen LogP contribution < -0.4 is 11.1 Å². The van der Waals surface area contributed by atoms with E-state index in [-0.39, 0.29) is 20.2 Å². The van der Waals surface area contributed by atoms with E-state index in [1.807, 2.05) is 0 Å². The number of halogens is 3. The first-order valence-corrected chi connectivity index (χ1v) is 6.68. The summed E-state index contributed by atoms with van der Waals surface area (Å²) in [7, 11) is 0. The third-order valence-corrected chi connectivity index (χ3v) is 3.87. The molecule has 0 aliphatic rings. The zero-order valence-corrected chi connectivity index (χ0v) is 12.0. The summed E-state index contributed by atoms with van der Waals surface area (Å²) in [5, 5.41) is 2.53. The number of nitrogens with zero attached hydrogens (tertiary/aromatic N) is 1. The van der Waals surface area contributed by atoms with Crippen molar-refractivity contribution in [3.63, 3.8) is 0 Å². The van der Waals surface area contributed by atoms with E-state index in [1.165, 1.54) is 0 Å². The van der Waals surface area contributed by atoms with E-state index in [0.717, 1.165) is 23.5 Å². The lowest BCUT2D eigenvalue weighted by Gasteiger charge is -2.06. The summed E-state index contributed by atoms with van der Waals surface area (Å²) in [6, 6.07) is 1.84. The van der Waals surface area contributed by atoms with Gasteiger partial charge in [0.15, 0.2) is 5.13 Å². The molecule has 4 nitrogen and oxygen atoms in total. The van der Waals surface area contributed by atoms with Crippen LogP contribution in [0.15, 0.2) is 16.6 Å². The number of hydrogen-bond donors (Lipinski definition) is 2. The summed E-state index contributed by atoms with van der Waals surface area (Å²) in [6.45, 7) is 1.61. The summed E-state index contributed by atoms with van der Waals surface area (Å²) in [6.07, 6.45) is 0. The number of nitrogen functional groups attached to an aromatic ring is 1. The maximum absolute atomic E-state index is 13.6. The topological polar surface area (TPSA) is 68.0 Å². The van der Waals surface area contributed by atoms with E-state index in [2.05, 4.69) is 26.2 Å². The Morgan fingerprint density at radius 2 is 2.11 bits per heavy atom. The molecule has 2 rings (SSSR count). The maximum Gasteiger partial charge on any atom is 0.267 e. The molecule has 0 spiro atoms. The molecule has 0 radical (unpaired) electrons. The van der Waals surface area contributed by atoms with Crippen LogP contribution in [0.4, 0.5) is 19.6 Å². The smallest absolute Gasteiger partial charge is 0.267 e. The molecular formula is C11H8BrF2N3OS. The van der Waals surface area contributed by atoms with Crippen LogP contribution in [0.5, 0.6) is 0 Å². The molecule has 0 saturated carbocycles. The van der Waals surface area contributed by atoms with Gasteiger partial charge in [-0.2, -0.15) is 0 Å². The molecule has 0 aliphatic heterocycles. The molecule has 3 N–H and O–H groups in total. The van der Waals surface area contributed by atoms with Gasteiger partial charge in [0.2, 0.25) is 0 Å². The fourth-order valence-electron chi connectivity index (χ4n) is 1.43. The number of hydrogen-bond acceptors (Lipinski definition) is 4. The zero-order chi connectivity index (χ0) is 14.2. The molecule has 0 unspecified atom stereocenters. The van der Waals surface area contributed by atoms with Gasteiger partial charge in [0.05, 0.1) is 15.9 Å². The second kappa shape index (κ2) is 5.22. The minimum Gasteiger partial charge on any atom is -0.375 e. The number of rotatable bonds is 2. The third kappa shape index (κ3) is 2.90. The molecule has 0 aliphatic carbocycles. The van der Waals surface area contributed by atoms with Crippen LogP contribution in [0, 0.1) is 18.6 Å². The van der Waals surface area contributed by atoms with Gasteiger partial charge in [-0.05, 0) is 28.9 Å². The Morgan fingerprint density at radius 3 is 2.68 bits per heavy atom. The molecule has 1 aromatic carbocycles. The van der Waals surface area contributed by atoms with Crippen molar-refractivity contribution in [1.82, 2.24) is 4.98 Å². The lowest BCUT2D eigenvalue weighted by atomic mass is 10.3. The summed E-state index contributed by atoms with van der Waals surface area (Å²) < 4.78 is 26.9. The first-order valence-electron chi connectivity index (χ1n) is 5.07. The Hall–Kier alpha value is -1.54. The molecule has 1 amide bonds. The molecule has 19 heavy (non-hydrogen) atoms. The van der Waals surface area contributed by atoms with Gasteiger partial charge in [-0.1, -0.05) is 11.3 Å². The number of aryl methyl sites for hydroxylation is 1. The van der Waals surface area contributed by atoms with Gasteiger partial charge in [0, 0.05) is 6.07 Å². The maximum atomic E-state index is 13.6. The van der Waals surface area contributed by atoms with E-state index >= 15 is 0 Å². The number of aromatic nitrogens is 1. The zero-order valence-electron chi connectivity index (χ0n) is 9.63. The highest BCUT2D eigenvalue weighted by atomic mass is 79.9. The highest BCUT2D eigenvalue weighted by molar-refractivity contribution is 9.10. The van der Waals surface area contributed by atoms with Gasteiger partial charge in [-0.25, -0.2) is 13.8 Å². The van der Waals surface area contributed by atoms with Crippen LogP contribution >= 0.6 is 27.3 Å². The summed E-state index contributed by atoms with van der Waals surface area (Å²) in [4.78, 5) is 16.1. The fraction of sp³-hybridized carbons (Fsp3) is 0.0909. The standard InChI is InChI=1S/C11H8BrF2N3OS/c1-4-9(19-11(15)16-4)10(18)17-8-3-6(13)5(12)2-7(8)14/h2-3H,1H3,(H2,15,16)(H,17,18). The molecule has 1 heterocycles. The minimum atomic E-state index is -0.739. The predicted molar refractivity (Wildman–Crippen MR) is 73.3 cm³/mol. The average Bonchev–Trinajstić information content (AvgIpc) is 2.65. The number of carbonyl (C=O) groups is 1. The first kappa shape index (κ1) is 13.9. The number of benzene rings is 1. The van der Waals surface area contributed by atoms with E-state index in [0.29, 0.717) is 5.69 Å². The van der Waals surface area contributed by atoms with E-state index < -0.39 is 17.5 Å². The highest BCUT2D eigenvalue weighted by Gasteiger charge is 2.17.